The van der Waals surface area contributed by atoms with E-state index in [-0.39, 0.29) is 11.6 Å². The van der Waals surface area contributed by atoms with Crippen LogP contribution in [0.4, 0.5) is 0 Å². The summed E-state index contributed by atoms with van der Waals surface area (Å²) in [5.41, 5.74) is 0.820. The maximum Gasteiger partial charge on any atom is 0.106 e. The van der Waals surface area contributed by atoms with Crippen LogP contribution in [0.3, 0.4) is 0 Å². The van der Waals surface area contributed by atoms with Crippen LogP contribution in [0.2, 0.25) is 18.1 Å². The van der Waals surface area contributed by atoms with Gasteiger partial charge < -0.3 is 5.11 Å². The monoisotopic (exact) mass is 301 g/mol. The average molecular weight is 302 g/mol. The van der Waals surface area contributed by atoms with E-state index in [0.717, 1.165) is 10.3 Å². The smallest absolute Gasteiger partial charge is 0.106 e. The lowest BCUT2D eigenvalue weighted by Crippen LogP contribution is -2.51. The van der Waals surface area contributed by atoms with Gasteiger partial charge in [0.2, 0.25) is 0 Å². The fourth-order valence-electron chi connectivity index (χ4n) is 1.57. The molecule has 1 rings (SSSR count). The van der Waals surface area contributed by atoms with Gasteiger partial charge in [-0.2, -0.15) is 0 Å². The lowest BCUT2D eigenvalue weighted by molar-refractivity contribution is 0.277. The predicted octanol–water partition coefficient (Wildman–Crippen LogP) is 3.05. The number of aromatic nitrogens is 1. The Morgan fingerprint density at radius 3 is 2.31 bits per heavy atom. The Bertz CT molecular complexity index is 385. The highest BCUT2D eigenvalue weighted by atomic mass is 79.9. The highest BCUT2D eigenvalue weighted by Crippen LogP contribution is 2.36. The summed E-state index contributed by atoms with van der Waals surface area (Å²) in [4.78, 5) is 4.37. The van der Waals surface area contributed by atoms with E-state index in [4.69, 9.17) is 0 Å². The van der Waals surface area contributed by atoms with Crippen molar-refractivity contribution in [3.05, 3.63) is 22.4 Å². The molecule has 0 fully saturated rings. The van der Waals surface area contributed by atoms with Gasteiger partial charge >= 0.3 is 0 Å². The number of rotatable bonds is 2. The number of pyridine rings is 1. The minimum atomic E-state index is -1.61. The first-order valence-corrected chi connectivity index (χ1v) is 9.26. The fourth-order valence-corrected chi connectivity index (χ4v) is 4.08. The summed E-state index contributed by atoms with van der Waals surface area (Å²) in [7, 11) is -1.61. The third kappa shape index (κ3) is 2.55. The lowest BCUT2D eigenvalue weighted by Gasteiger charge is -2.38. The predicted molar refractivity (Wildman–Crippen MR) is 74.7 cm³/mol. The first-order chi connectivity index (χ1) is 7.20. The molecule has 0 aliphatic rings. The molecule has 0 unspecified atom stereocenters. The zero-order valence-electron chi connectivity index (χ0n) is 10.6. The van der Waals surface area contributed by atoms with Gasteiger partial charge in [0.1, 0.15) is 4.60 Å². The van der Waals surface area contributed by atoms with Crippen LogP contribution in [0.25, 0.3) is 0 Å². The van der Waals surface area contributed by atoms with Crippen molar-refractivity contribution in [1.82, 2.24) is 4.98 Å². The summed E-state index contributed by atoms with van der Waals surface area (Å²) in [5.74, 6) is 0. The van der Waals surface area contributed by atoms with E-state index in [1.807, 2.05) is 6.07 Å². The average Bonchev–Trinajstić information content (AvgIpc) is 2.15. The van der Waals surface area contributed by atoms with Crippen LogP contribution in [-0.2, 0) is 6.61 Å². The summed E-state index contributed by atoms with van der Waals surface area (Å²) >= 11 is 3.35. The second kappa shape index (κ2) is 4.59. The molecule has 0 spiro atoms. The first-order valence-electron chi connectivity index (χ1n) is 5.47. The number of aliphatic hydroxyl groups excluding tert-OH is 1. The largest absolute Gasteiger partial charge is 0.390 e. The van der Waals surface area contributed by atoms with Crippen LogP contribution < -0.4 is 5.19 Å². The normalized spacial score (nSPS) is 12.9. The molecule has 0 aromatic carbocycles. The third-order valence-corrected chi connectivity index (χ3v) is 9.63. The highest BCUT2D eigenvalue weighted by Gasteiger charge is 2.38. The number of hydrogen-bond acceptors (Lipinski definition) is 2. The molecule has 90 valence electrons. The van der Waals surface area contributed by atoms with Crippen LogP contribution in [0.1, 0.15) is 26.5 Å². The van der Waals surface area contributed by atoms with Crippen molar-refractivity contribution in [3.8, 4) is 0 Å². The number of halogens is 1. The van der Waals surface area contributed by atoms with E-state index >= 15 is 0 Å². The molecule has 0 saturated carbocycles. The Labute approximate surface area is 107 Å². The molecule has 0 atom stereocenters. The summed E-state index contributed by atoms with van der Waals surface area (Å²) in [6, 6.07) is 4.08. The Morgan fingerprint density at radius 1 is 1.31 bits per heavy atom. The van der Waals surface area contributed by atoms with E-state index < -0.39 is 8.07 Å². The maximum atomic E-state index is 9.41. The zero-order valence-corrected chi connectivity index (χ0v) is 13.2. The second-order valence-electron chi connectivity index (χ2n) is 5.66. The Morgan fingerprint density at radius 2 is 1.88 bits per heavy atom. The molecular formula is C12H20BrNOSi. The summed E-state index contributed by atoms with van der Waals surface area (Å²) < 4.78 is 0.791. The standard InChI is InChI=1S/C12H20BrNOSi/c1-12(2,3)16(4,5)10-6-7-11(13)14-9(10)8-15/h6-7,15H,8H2,1-5H3. The summed E-state index contributed by atoms with van der Waals surface area (Å²) in [6.07, 6.45) is 0. The van der Waals surface area contributed by atoms with Crippen molar-refractivity contribution in [1.29, 1.82) is 0 Å². The number of aliphatic hydroxyl groups is 1. The number of hydrogen-bond donors (Lipinski definition) is 1. The maximum absolute atomic E-state index is 9.41. The van der Waals surface area contributed by atoms with Gasteiger partial charge in [-0.05, 0) is 32.2 Å². The molecule has 0 aliphatic heterocycles. The van der Waals surface area contributed by atoms with Crippen molar-refractivity contribution in [3.63, 3.8) is 0 Å². The van der Waals surface area contributed by atoms with E-state index in [0.29, 0.717) is 0 Å². The Balaban J connectivity index is 3.33. The molecule has 1 N–H and O–H groups in total. The molecule has 1 aromatic rings. The molecule has 1 heterocycles. The molecule has 0 bridgehead atoms. The van der Waals surface area contributed by atoms with Crippen LogP contribution in [0, 0.1) is 0 Å². The van der Waals surface area contributed by atoms with Crippen molar-refractivity contribution >= 4 is 29.2 Å². The topological polar surface area (TPSA) is 33.1 Å². The Hall–Kier alpha value is -0.193. The molecule has 1 aromatic heterocycles. The van der Waals surface area contributed by atoms with Gasteiger partial charge in [-0.1, -0.05) is 39.9 Å². The van der Waals surface area contributed by atoms with E-state index in [1.54, 1.807) is 0 Å². The minimum Gasteiger partial charge on any atom is -0.390 e. The van der Waals surface area contributed by atoms with Crippen LogP contribution >= 0.6 is 15.9 Å². The second-order valence-corrected chi connectivity index (χ2v) is 11.8. The Kier molecular flexibility index (Phi) is 3.98. The summed E-state index contributed by atoms with van der Waals surface area (Å²) in [5, 5.41) is 10.9. The molecule has 2 nitrogen and oxygen atoms in total. The minimum absolute atomic E-state index is 0.0152. The zero-order chi connectivity index (χ0) is 12.6. The van der Waals surface area contributed by atoms with Gasteiger partial charge in [0, 0.05) is 0 Å². The van der Waals surface area contributed by atoms with Crippen molar-refractivity contribution in [2.45, 2.75) is 45.5 Å². The van der Waals surface area contributed by atoms with Gasteiger partial charge in [-0.3, -0.25) is 0 Å². The molecule has 0 aliphatic carbocycles. The third-order valence-electron chi connectivity index (χ3n) is 3.64. The van der Waals surface area contributed by atoms with Gasteiger partial charge in [0.05, 0.1) is 20.4 Å². The van der Waals surface area contributed by atoms with E-state index in [2.05, 4.69) is 60.8 Å². The van der Waals surface area contributed by atoms with Gasteiger partial charge in [-0.15, -0.1) is 0 Å². The van der Waals surface area contributed by atoms with E-state index in [9.17, 15) is 5.11 Å². The van der Waals surface area contributed by atoms with Gasteiger partial charge in [0.25, 0.3) is 0 Å². The lowest BCUT2D eigenvalue weighted by atomic mass is 10.2. The van der Waals surface area contributed by atoms with Crippen LogP contribution in [0.15, 0.2) is 16.7 Å². The van der Waals surface area contributed by atoms with E-state index in [1.165, 1.54) is 5.19 Å². The SMILES string of the molecule is CC(C)(C)[Si](C)(C)c1ccc(Br)nc1CO. The highest BCUT2D eigenvalue weighted by molar-refractivity contribution is 9.10. The molecule has 0 amide bonds. The molecule has 0 radical (unpaired) electrons. The van der Waals surface area contributed by atoms with Crippen molar-refractivity contribution in [2.75, 3.05) is 0 Å². The summed E-state index contributed by atoms with van der Waals surface area (Å²) in [6.45, 7) is 11.5. The fraction of sp³-hybridized carbons (Fsp3) is 0.583. The van der Waals surface area contributed by atoms with Gasteiger partial charge in [0.15, 0.2) is 0 Å². The van der Waals surface area contributed by atoms with Crippen LogP contribution in [-0.4, -0.2) is 18.2 Å². The van der Waals surface area contributed by atoms with Crippen molar-refractivity contribution < 1.29 is 5.11 Å². The molecule has 16 heavy (non-hydrogen) atoms. The molecule has 0 saturated heterocycles. The quantitative estimate of drug-likeness (QED) is 0.673. The molecule has 4 heteroatoms. The van der Waals surface area contributed by atoms with Gasteiger partial charge in [-0.25, -0.2) is 4.98 Å². The van der Waals surface area contributed by atoms with Crippen LogP contribution in [0.5, 0.6) is 0 Å². The molecular weight excluding hydrogens is 282 g/mol. The number of nitrogens with zero attached hydrogens (tertiary/aromatic N) is 1. The van der Waals surface area contributed by atoms with Crippen molar-refractivity contribution in [2.24, 2.45) is 0 Å². The first kappa shape index (κ1) is 13.9.